The monoisotopic (exact) mass is 722 g/mol. The summed E-state index contributed by atoms with van der Waals surface area (Å²) in [4.78, 5) is 22.0. The minimum absolute atomic E-state index is 0.109. The number of alkyl halides is 2. The molecule has 0 aliphatic carbocycles. The van der Waals surface area contributed by atoms with E-state index >= 15 is 0 Å². The summed E-state index contributed by atoms with van der Waals surface area (Å²) in [6.07, 6.45) is 8.73. The van der Waals surface area contributed by atoms with Crippen LogP contribution in [-0.2, 0) is 17.9 Å². The quantitative estimate of drug-likeness (QED) is 0.0954. The Hall–Kier alpha value is -4.79. The summed E-state index contributed by atoms with van der Waals surface area (Å²) >= 11 is 6.27. The van der Waals surface area contributed by atoms with Crippen LogP contribution in [0, 0.1) is 0 Å². The van der Waals surface area contributed by atoms with Gasteiger partial charge in [-0.25, -0.2) is 9.50 Å². The van der Waals surface area contributed by atoms with Crippen LogP contribution in [0.5, 0.6) is 11.5 Å². The molecule has 51 heavy (non-hydrogen) atoms. The smallest absolute Gasteiger partial charge is 0.387 e. The molecule has 1 aliphatic rings. The summed E-state index contributed by atoms with van der Waals surface area (Å²) in [6.45, 7) is 1.60. The molecule has 1 amide bonds. The predicted molar refractivity (Wildman–Crippen MR) is 189 cm³/mol. The van der Waals surface area contributed by atoms with Gasteiger partial charge in [-0.2, -0.15) is 19.0 Å². The highest BCUT2D eigenvalue weighted by atomic mass is 35.5. The van der Waals surface area contributed by atoms with E-state index in [9.17, 15) is 18.7 Å². The molecular weight excluding hydrogens is 682 g/mol. The number of ether oxygens (including phenoxy) is 2. The maximum atomic E-state index is 13.5. The Morgan fingerprint density at radius 1 is 1.18 bits per heavy atom. The molecule has 1 unspecified atom stereocenters. The molecule has 1 fully saturated rings. The Morgan fingerprint density at radius 2 is 1.96 bits per heavy atom. The maximum Gasteiger partial charge on any atom is 0.387 e. The molecule has 1 aliphatic heterocycles. The van der Waals surface area contributed by atoms with E-state index < -0.39 is 12.8 Å². The first-order valence-electron chi connectivity index (χ1n) is 16.9. The van der Waals surface area contributed by atoms with Crippen molar-refractivity contribution in [3.8, 4) is 22.8 Å². The van der Waals surface area contributed by atoms with Gasteiger partial charge in [0.1, 0.15) is 23.7 Å². The SMILES string of the molecule is CCCCOc1ccc(CN(C)C2CCN(C(=O)Cn3cc(NC(O)c4cnn5cccnc45)c(-c4cc(Cl)ccc4OC(F)F)n3)CC2)cc1. The van der Waals surface area contributed by atoms with Crippen LogP contribution < -0.4 is 14.8 Å². The van der Waals surface area contributed by atoms with Crippen molar-refractivity contribution in [2.45, 2.75) is 64.6 Å². The van der Waals surface area contributed by atoms with Crippen LogP contribution in [-0.4, -0.2) is 84.6 Å². The molecule has 2 aromatic carbocycles. The molecule has 0 spiro atoms. The maximum absolute atomic E-state index is 13.5. The van der Waals surface area contributed by atoms with Crippen LogP contribution in [0.15, 0.2) is 73.3 Å². The van der Waals surface area contributed by atoms with Crippen molar-refractivity contribution in [1.82, 2.24) is 34.2 Å². The summed E-state index contributed by atoms with van der Waals surface area (Å²) in [6, 6.07) is 14.4. The Kier molecular flexibility index (Phi) is 11.6. The number of likely N-dealkylation sites (tertiary alicyclic amines) is 1. The molecule has 12 nitrogen and oxygen atoms in total. The predicted octanol–water partition coefficient (Wildman–Crippen LogP) is 6.25. The number of anilines is 1. The third-order valence-electron chi connectivity index (χ3n) is 8.93. The topological polar surface area (TPSA) is 122 Å². The lowest BCUT2D eigenvalue weighted by Gasteiger charge is -2.36. The summed E-state index contributed by atoms with van der Waals surface area (Å²) < 4.78 is 40.3. The lowest BCUT2D eigenvalue weighted by molar-refractivity contribution is -0.133. The highest BCUT2D eigenvalue weighted by molar-refractivity contribution is 6.31. The first kappa shape index (κ1) is 36.0. The number of halogens is 3. The molecule has 0 bridgehead atoms. The molecule has 270 valence electrons. The van der Waals surface area contributed by atoms with Gasteiger partial charge in [0.25, 0.3) is 0 Å². The number of aromatic nitrogens is 5. The first-order chi connectivity index (χ1) is 24.7. The zero-order chi connectivity index (χ0) is 35.9. The van der Waals surface area contributed by atoms with Crippen LogP contribution in [0.25, 0.3) is 16.9 Å². The Labute approximate surface area is 299 Å². The molecule has 3 aromatic heterocycles. The molecule has 6 rings (SSSR count). The Morgan fingerprint density at radius 3 is 2.71 bits per heavy atom. The molecule has 0 radical (unpaired) electrons. The molecule has 1 atom stereocenters. The number of aliphatic hydroxyl groups excluding tert-OH is 1. The number of unbranched alkanes of at least 4 members (excludes halogenated alkanes) is 1. The van der Waals surface area contributed by atoms with Crippen molar-refractivity contribution in [1.29, 1.82) is 0 Å². The van der Waals surface area contributed by atoms with E-state index in [1.54, 1.807) is 24.7 Å². The van der Waals surface area contributed by atoms with Crippen LogP contribution in [0.4, 0.5) is 14.5 Å². The molecule has 2 N–H and O–H groups in total. The van der Waals surface area contributed by atoms with Crippen LogP contribution in [0.2, 0.25) is 5.02 Å². The van der Waals surface area contributed by atoms with Gasteiger partial charge in [0.15, 0.2) is 11.9 Å². The second kappa shape index (κ2) is 16.5. The summed E-state index contributed by atoms with van der Waals surface area (Å²) in [7, 11) is 2.10. The standard InChI is InChI=1S/C36H41ClF2N8O4/c1-3-4-18-50-27-9-6-24(7-10-27)21-44(2)26-12-16-45(17-13-26)32(48)23-46-22-30(42-35(49)29-20-41-47-15-5-14-40-34(29)47)33(43-46)28-19-25(37)8-11-31(28)51-36(38)39/h5-11,14-15,19-20,22,26,35-36,42,49H,3-4,12-13,16-18,21,23H2,1-2H3. The largest absolute Gasteiger partial charge is 0.494 e. The number of amides is 1. The Balaban J connectivity index is 1.14. The van der Waals surface area contributed by atoms with Crippen LogP contribution in [0.1, 0.15) is 50.0 Å². The second-order valence-electron chi connectivity index (χ2n) is 12.5. The lowest BCUT2D eigenvalue weighted by Crippen LogP contribution is -2.46. The first-order valence-corrected chi connectivity index (χ1v) is 17.3. The number of fused-ring (bicyclic) bond motifs is 1. The molecule has 1 saturated heterocycles. The van der Waals surface area contributed by atoms with Gasteiger partial charge in [-0.05, 0) is 68.3 Å². The van der Waals surface area contributed by atoms with Gasteiger partial charge in [-0.3, -0.25) is 14.4 Å². The van der Waals surface area contributed by atoms with Crippen molar-refractivity contribution in [3.05, 3.63) is 89.5 Å². The van der Waals surface area contributed by atoms with Gasteiger partial charge < -0.3 is 24.8 Å². The van der Waals surface area contributed by atoms with E-state index in [0.29, 0.717) is 30.3 Å². The van der Waals surface area contributed by atoms with Gasteiger partial charge in [0.2, 0.25) is 5.91 Å². The van der Waals surface area contributed by atoms with E-state index in [2.05, 4.69) is 51.5 Å². The number of piperidine rings is 1. The normalized spacial score (nSPS) is 14.4. The fraction of sp³-hybridized carbons (Fsp3) is 0.389. The van der Waals surface area contributed by atoms with Crippen molar-refractivity contribution >= 4 is 28.8 Å². The summed E-state index contributed by atoms with van der Waals surface area (Å²) in [5.74, 6) is 0.574. The zero-order valence-electron chi connectivity index (χ0n) is 28.5. The van der Waals surface area contributed by atoms with Gasteiger partial charge in [0.05, 0.1) is 24.1 Å². The molecule has 0 saturated carbocycles. The fourth-order valence-corrected chi connectivity index (χ4v) is 6.37. The van der Waals surface area contributed by atoms with Crippen LogP contribution in [0.3, 0.4) is 0 Å². The molecular formula is C36H41ClF2N8O4. The molecule has 15 heteroatoms. The Bertz CT molecular complexity index is 1910. The highest BCUT2D eigenvalue weighted by Crippen LogP contribution is 2.38. The number of nitrogens with one attached hydrogen (secondary N) is 1. The number of nitrogens with zero attached hydrogens (tertiary/aromatic N) is 7. The minimum atomic E-state index is -3.10. The van der Waals surface area contributed by atoms with Gasteiger partial charge >= 0.3 is 6.61 Å². The van der Waals surface area contributed by atoms with Gasteiger partial charge in [-0.15, -0.1) is 0 Å². The number of rotatable bonds is 15. The van der Waals surface area contributed by atoms with Crippen molar-refractivity contribution in [2.75, 3.05) is 32.1 Å². The van der Waals surface area contributed by atoms with E-state index in [0.717, 1.165) is 44.6 Å². The van der Waals surface area contributed by atoms with Gasteiger partial charge in [0, 0.05) is 54.9 Å². The highest BCUT2D eigenvalue weighted by Gasteiger charge is 2.27. The minimum Gasteiger partial charge on any atom is -0.494 e. The van der Waals surface area contributed by atoms with E-state index in [1.165, 1.54) is 39.2 Å². The summed E-state index contributed by atoms with van der Waals surface area (Å²) in [5, 5.41) is 23.3. The average Bonchev–Trinajstić information content (AvgIpc) is 3.73. The number of carbonyl (C=O) groups excluding carboxylic acids is 1. The summed E-state index contributed by atoms with van der Waals surface area (Å²) in [5.41, 5.74) is 2.57. The number of aliphatic hydroxyl groups is 1. The molecule has 5 aromatic rings. The van der Waals surface area contributed by atoms with Crippen molar-refractivity contribution in [3.63, 3.8) is 0 Å². The van der Waals surface area contributed by atoms with Crippen LogP contribution >= 0.6 is 11.6 Å². The number of hydrogen-bond donors (Lipinski definition) is 2. The fourth-order valence-electron chi connectivity index (χ4n) is 6.19. The van der Waals surface area contributed by atoms with Gasteiger partial charge in [-0.1, -0.05) is 37.1 Å². The third-order valence-corrected chi connectivity index (χ3v) is 9.16. The number of carbonyl (C=O) groups is 1. The number of benzene rings is 2. The number of hydrogen-bond acceptors (Lipinski definition) is 9. The average molecular weight is 723 g/mol. The lowest BCUT2D eigenvalue weighted by atomic mass is 10.0. The van der Waals surface area contributed by atoms with E-state index in [4.69, 9.17) is 21.1 Å². The molecule has 4 heterocycles. The zero-order valence-corrected chi connectivity index (χ0v) is 29.2. The third kappa shape index (κ3) is 8.93. The van der Waals surface area contributed by atoms with Crippen molar-refractivity contribution in [2.24, 2.45) is 0 Å². The van der Waals surface area contributed by atoms with Crippen molar-refractivity contribution < 1.29 is 28.2 Å². The second-order valence-corrected chi connectivity index (χ2v) is 13.0. The van der Waals surface area contributed by atoms with E-state index in [-0.39, 0.29) is 40.2 Å². The van der Waals surface area contributed by atoms with E-state index in [1.807, 2.05) is 17.0 Å².